The van der Waals surface area contributed by atoms with E-state index >= 15 is 0 Å². The van der Waals surface area contributed by atoms with Gasteiger partial charge in [-0.25, -0.2) is 0 Å². The number of likely N-dealkylation sites (N-methyl/N-ethyl adjacent to an activating group) is 1. The number of rotatable bonds is 6. The topological polar surface area (TPSA) is 43.7 Å². The number of nitrogens with zero attached hydrogens (tertiary/aromatic N) is 1. The summed E-state index contributed by atoms with van der Waals surface area (Å²) in [6.07, 6.45) is 0. The molecule has 1 aromatic rings. The average Bonchev–Trinajstić information content (AvgIpc) is 2.30. The third-order valence-corrected chi connectivity index (χ3v) is 2.57. The number of aliphatic hydroxyl groups is 2. The zero-order valence-corrected chi connectivity index (χ0v) is 9.13. The average molecular weight is 209 g/mol. The van der Waals surface area contributed by atoms with Crippen molar-refractivity contribution in [1.29, 1.82) is 0 Å². The van der Waals surface area contributed by atoms with Gasteiger partial charge in [0.15, 0.2) is 0 Å². The van der Waals surface area contributed by atoms with Crippen molar-refractivity contribution < 1.29 is 10.2 Å². The maximum absolute atomic E-state index is 9.10. The van der Waals surface area contributed by atoms with Crippen molar-refractivity contribution >= 4 is 0 Å². The van der Waals surface area contributed by atoms with E-state index in [4.69, 9.17) is 10.2 Å². The lowest BCUT2D eigenvalue weighted by molar-refractivity contribution is 0.0725. The van der Waals surface area contributed by atoms with Crippen LogP contribution in [0.25, 0.3) is 0 Å². The first-order valence-corrected chi connectivity index (χ1v) is 5.31. The molecule has 15 heavy (non-hydrogen) atoms. The molecular formula is C12H19NO2. The summed E-state index contributed by atoms with van der Waals surface area (Å²) < 4.78 is 0. The Kier molecular flexibility index (Phi) is 5.32. The van der Waals surface area contributed by atoms with Crippen molar-refractivity contribution in [3.63, 3.8) is 0 Å². The van der Waals surface area contributed by atoms with Crippen LogP contribution in [0.5, 0.6) is 0 Å². The molecule has 0 heterocycles. The first-order chi connectivity index (χ1) is 7.31. The molecule has 0 bridgehead atoms. The summed E-state index contributed by atoms with van der Waals surface area (Å²) in [5.74, 6) is 0. The Balaban J connectivity index is 2.61. The summed E-state index contributed by atoms with van der Waals surface area (Å²) >= 11 is 0. The minimum absolute atomic E-state index is 0.00280. The largest absolute Gasteiger partial charge is 0.395 e. The molecule has 0 aliphatic rings. The minimum Gasteiger partial charge on any atom is -0.395 e. The molecule has 1 aromatic carbocycles. The summed E-state index contributed by atoms with van der Waals surface area (Å²) in [6.45, 7) is 3.61. The van der Waals surface area contributed by atoms with Crippen molar-refractivity contribution in [2.24, 2.45) is 0 Å². The highest BCUT2D eigenvalue weighted by atomic mass is 16.3. The molecule has 0 atom stereocenters. The Morgan fingerprint density at radius 2 is 1.73 bits per heavy atom. The van der Waals surface area contributed by atoms with Crippen LogP contribution in [-0.4, -0.2) is 40.9 Å². The fourth-order valence-electron chi connectivity index (χ4n) is 1.61. The summed E-state index contributed by atoms with van der Waals surface area (Å²) in [4.78, 5) is 2.06. The van der Waals surface area contributed by atoms with Gasteiger partial charge in [0.1, 0.15) is 0 Å². The van der Waals surface area contributed by atoms with Gasteiger partial charge in [0.05, 0.1) is 19.3 Å². The van der Waals surface area contributed by atoms with E-state index in [9.17, 15) is 0 Å². The van der Waals surface area contributed by atoms with Gasteiger partial charge >= 0.3 is 0 Å². The molecule has 0 amide bonds. The zero-order valence-electron chi connectivity index (χ0n) is 9.13. The second kappa shape index (κ2) is 6.56. The van der Waals surface area contributed by atoms with Crippen molar-refractivity contribution in [3.8, 4) is 0 Å². The Morgan fingerprint density at radius 3 is 2.20 bits per heavy atom. The van der Waals surface area contributed by atoms with Crippen molar-refractivity contribution in [2.75, 3.05) is 19.8 Å². The van der Waals surface area contributed by atoms with Crippen molar-refractivity contribution in [1.82, 2.24) is 4.90 Å². The number of hydrogen-bond donors (Lipinski definition) is 2. The number of aliphatic hydroxyl groups excluding tert-OH is 2. The molecule has 0 saturated heterocycles. The Morgan fingerprint density at radius 1 is 1.13 bits per heavy atom. The molecule has 0 aromatic heterocycles. The highest BCUT2D eigenvalue weighted by molar-refractivity contribution is 5.14. The highest BCUT2D eigenvalue weighted by Gasteiger charge is 2.14. The predicted molar refractivity (Wildman–Crippen MR) is 60.5 cm³/mol. The highest BCUT2D eigenvalue weighted by Crippen LogP contribution is 2.07. The second-order valence-electron chi connectivity index (χ2n) is 3.57. The van der Waals surface area contributed by atoms with Crippen LogP contribution in [-0.2, 0) is 6.54 Å². The summed E-state index contributed by atoms with van der Waals surface area (Å²) in [6, 6.07) is 9.92. The summed E-state index contributed by atoms with van der Waals surface area (Å²) in [5.41, 5.74) is 1.20. The third kappa shape index (κ3) is 3.63. The van der Waals surface area contributed by atoms with Crippen molar-refractivity contribution in [2.45, 2.75) is 19.5 Å². The maximum Gasteiger partial charge on any atom is 0.0609 e. The van der Waals surface area contributed by atoms with Crippen LogP contribution in [0.4, 0.5) is 0 Å². The van der Waals surface area contributed by atoms with Crippen LogP contribution in [0.2, 0.25) is 0 Å². The normalized spacial score (nSPS) is 11.3. The molecule has 0 radical (unpaired) electrons. The third-order valence-electron chi connectivity index (χ3n) is 2.57. The molecule has 2 N–H and O–H groups in total. The van der Waals surface area contributed by atoms with Crippen LogP contribution in [0, 0.1) is 0 Å². The molecule has 3 nitrogen and oxygen atoms in total. The molecule has 84 valence electrons. The second-order valence-corrected chi connectivity index (χ2v) is 3.57. The van der Waals surface area contributed by atoms with E-state index in [2.05, 4.69) is 17.0 Å². The Labute approximate surface area is 91.0 Å². The number of hydrogen-bond acceptors (Lipinski definition) is 3. The lowest BCUT2D eigenvalue weighted by Gasteiger charge is -2.27. The molecule has 0 aliphatic heterocycles. The fourth-order valence-corrected chi connectivity index (χ4v) is 1.61. The number of benzene rings is 1. The van der Waals surface area contributed by atoms with Gasteiger partial charge in [-0.3, -0.25) is 4.90 Å². The van der Waals surface area contributed by atoms with Gasteiger partial charge in [0, 0.05) is 6.54 Å². The van der Waals surface area contributed by atoms with Crippen molar-refractivity contribution in [3.05, 3.63) is 35.9 Å². The van der Waals surface area contributed by atoms with Gasteiger partial charge in [0.2, 0.25) is 0 Å². The first-order valence-electron chi connectivity index (χ1n) is 5.31. The van der Waals surface area contributed by atoms with Gasteiger partial charge in [-0.05, 0) is 12.1 Å². The zero-order chi connectivity index (χ0) is 11.1. The SMILES string of the molecule is CCN(Cc1ccccc1)C(CO)CO. The van der Waals surface area contributed by atoms with E-state index in [-0.39, 0.29) is 19.3 Å². The van der Waals surface area contributed by atoms with E-state index in [1.54, 1.807) is 0 Å². The van der Waals surface area contributed by atoms with Gasteiger partial charge < -0.3 is 10.2 Å². The van der Waals surface area contributed by atoms with Gasteiger partial charge in [-0.15, -0.1) is 0 Å². The van der Waals surface area contributed by atoms with Gasteiger partial charge in [-0.2, -0.15) is 0 Å². The molecule has 0 saturated carbocycles. The molecule has 1 rings (SSSR count). The van der Waals surface area contributed by atoms with Crippen LogP contribution in [0.1, 0.15) is 12.5 Å². The van der Waals surface area contributed by atoms with Gasteiger partial charge in [0.25, 0.3) is 0 Å². The van der Waals surface area contributed by atoms with Crippen LogP contribution in [0.15, 0.2) is 30.3 Å². The molecule has 3 heteroatoms. The predicted octanol–water partition coefficient (Wildman–Crippen LogP) is 0.862. The van der Waals surface area contributed by atoms with Crippen LogP contribution < -0.4 is 0 Å². The molecule has 0 unspecified atom stereocenters. The van der Waals surface area contributed by atoms with Gasteiger partial charge in [-0.1, -0.05) is 37.3 Å². The molecular weight excluding hydrogens is 190 g/mol. The first kappa shape index (κ1) is 12.2. The monoisotopic (exact) mass is 209 g/mol. The minimum atomic E-state index is -0.157. The lowest BCUT2D eigenvalue weighted by atomic mass is 10.2. The van der Waals surface area contributed by atoms with Crippen LogP contribution >= 0.6 is 0 Å². The van der Waals surface area contributed by atoms with E-state index in [1.165, 1.54) is 5.56 Å². The molecule has 0 spiro atoms. The Hall–Kier alpha value is -0.900. The van der Waals surface area contributed by atoms with E-state index in [0.29, 0.717) is 0 Å². The standard InChI is InChI=1S/C12H19NO2/c1-2-13(12(9-14)10-15)8-11-6-4-3-5-7-11/h3-7,12,14-15H,2,8-10H2,1H3. The Bertz CT molecular complexity index is 260. The quantitative estimate of drug-likeness (QED) is 0.730. The van der Waals surface area contributed by atoms with E-state index < -0.39 is 0 Å². The van der Waals surface area contributed by atoms with E-state index in [1.807, 2.05) is 25.1 Å². The summed E-state index contributed by atoms with van der Waals surface area (Å²) in [7, 11) is 0. The van der Waals surface area contributed by atoms with E-state index in [0.717, 1.165) is 13.1 Å². The summed E-state index contributed by atoms with van der Waals surface area (Å²) in [5, 5.41) is 18.2. The molecule has 0 fully saturated rings. The molecule has 0 aliphatic carbocycles. The lowest BCUT2D eigenvalue weighted by Crippen LogP contribution is -2.39. The fraction of sp³-hybridized carbons (Fsp3) is 0.500. The van der Waals surface area contributed by atoms with Crippen LogP contribution in [0.3, 0.4) is 0 Å². The smallest absolute Gasteiger partial charge is 0.0609 e. The maximum atomic E-state index is 9.10.